The van der Waals surface area contributed by atoms with Gasteiger partial charge in [-0.2, -0.15) is 0 Å². The lowest BCUT2D eigenvalue weighted by Crippen LogP contribution is -1.93. The summed E-state index contributed by atoms with van der Waals surface area (Å²) in [5.41, 5.74) is 0.603. The van der Waals surface area contributed by atoms with Crippen molar-refractivity contribution in [2.45, 2.75) is 13.3 Å². The first-order chi connectivity index (χ1) is 6.66. The molecule has 0 rings (SSSR count). The van der Waals surface area contributed by atoms with Crippen molar-refractivity contribution in [2.24, 2.45) is 0 Å². The van der Waals surface area contributed by atoms with Crippen molar-refractivity contribution < 1.29 is 33.2 Å². The molecule has 0 bridgehead atoms. The van der Waals surface area contributed by atoms with E-state index in [1.165, 1.54) is 6.08 Å². The molecule has 1 atom stereocenters. The zero-order chi connectivity index (χ0) is 12.1. The number of hydrogen-bond acceptors (Lipinski definition) is 4. The standard InChI is InChI=1S/C6H14O7P2/c1-6(5-7)3-2-4-14(8,9)13-15(10,11)12/h3,7H,2,4-5H2,1H3,(H,8,9)(H2,10,11,12)/b6-3+. The molecule has 9 heteroatoms. The first kappa shape index (κ1) is 15.0. The fraction of sp³-hybridized carbons (Fsp3) is 0.667. The molecular weight excluding hydrogens is 246 g/mol. The Morgan fingerprint density at radius 3 is 2.27 bits per heavy atom. The molecule has 0 aromatic rings. The Kier molecular flexibility index (Phi) is 5.92. The van der Waals surface area contributed by atoms with Gasteiger partial charge in [-0.15, -0.1) is 0 Å². The summed E-state index contributed by atoms with van der Waals surface area (Å²) in [5, 5.41) is 8.60. The van der Waals surface area contributed by atoms with Crippen molar-refractivity contribution in [3.05, 3.63) is 11.6 Å². The van der Waals surface area contributed by atoms with Crippen LogP contribution in [0.4, 0.5) is 0 Å². The molecule has 0 aliphatic carbocycles. The summed E-state index contributed by atoms with van der Waals surface area (Å²) in [4.78, 5) is 25.6. The summed E-state index contributed by atoms with van der Waals surface area (Å²) in [6.07, 6.45) is 1.18. The molecule has 15 heavy (non-hydrogen) atoms. The number of hydrogen-bond donors (Lipinski definition) is 4. The van der Waals surface area contributed by atoms with Crippen molar-refractivity contribution in [3.63, 3.8) is 0 Å². The van der Waals surface area contributed by atoms with Gasteiger partial charge in [0.25, 0.3) is 0 Å². The fourth-order valence-corrected chi connectivity index (χ4v) is 2.86. The summed E-state index contributed by atoms with van der Waals surface area (Å²) in [6.45, 7) is 1.45. The van der Waals surface area contributed by atoms with Crippen LogP contribution < -0.4 is 0 Å². The average molecular weight is 260 g/mol. The number of rotatable bonds is 6. The predicted octanol–water partition coefficient (Wildman–Crippen LogP) is 0.610. The van der Waals surface area contributed by atoms with Gasteiger partial charge in [-0.25, -0.2) is 8.88 Å². The lowest BCUT2D eigenvalue weighted by atomic mass is 10.3. The van der Waals surface area contributed by atoms with Gasteiger partial charge < -0.3 is 19.8 Å². The monoisotopic (exact) mass is 260 g/mol. The Balaban J connectivity index is 4.18. The summed E-state index contributed by atoms with van der Waals surface area (Å²) >= 11 is 0. The van der Waals surface area contributed by atoms with E-state index in [4.69, 9.17) is 19.8 Å². The third-order valence-electron chi connectivity index (χ3n) is 1.39. The predicted molar refractivity (Wildman–Crippen MR) is 53.3 cm³/mol. The van der Waals surface area contributed by atoms with Crippen LogP contribution in [0.25, 0.3) is 0 Å². The third-order valence-corrected chi connectivity index (χ3v) is 4.08. The van der Waals surface area contributed by atoms with E-state index in [0.29, 0.717) is 5.57 Å². The topological polar surface area (TPSA) is 124 Å². The van der Waals surface area contributed by atoms with Crippen molar-refractivity contribution in [3.8, 4) is 0 Å². The van der Waals surface area contributed by atoms with Gasteiger partial charge in [-0.3, -0.25) is 4.57 Å². The second-order valence-corrected chi connectivity index (χ2v) is 6.29. The van der Waals surface area contributed by atoms with Gasteiger partial charge in [0.2, 0.25) is 0 Å². The minimum absolute atomic E-state index is 0.0974. The Morgan fingerprint density at radius 1 is 1.33 bits per heavy atom. The number of allylic oxidation sites excluding steroid dienone is 1. The molecule has 0 amide bonds. The van der Waals surface area contributed by atoms with Crippen LogP contribution in [0, 0.1) is 0 Å². The maximum absolute atomic E-state index is 11.0. The maximum Gasteiger partial charge on any atom is 0.476 e. The van der Waals surface area contributed by atoms with Gasteiger partial charge in [-0.1, -0.05) is 11.6 Å². The minimum atomic E-state index is -4.94. The van der Waals surface area contributed by atoms with E-state index in [1.54, 1.807) is 6.92 Å². The van der Waals surface area contributed by atoms with E-state index in [9.17, 15) is 9.13 Å². The van der Waals surface area contributed by atoms with Gasteiger partial charge in [-0.05, 0) is 13.3 Å². The van der Waals surface area contributed by atoms with Crippen LogP contribution in [0.1, 0.15) is 13.3 Å². The zero-order valence-corrected chi connectivity index (χ0v) is 9.90. The molecule has 0 aromatic carbocycles. The molecule has 1 unspecified atom stereocenters. The molecule has 0 aromatic heterocycles. The van der Waals surface area contributed by atoms with Gasteiger partial charge in [0.05, 0.1) is 12.8 Å². The Morgan fingerprint density at radius 2 is 1.87 bits per heavy atom. The highest BCUT2D eigenvalue weighted by Crippen LogP contribution is 2.57. The maximum atomic E-state index is 11.0. The van der Waals surface area contributed by atoms with Crippen molar-refractivity contribution in [2.75, 3.05) is 12.8 Å². The quantitative estimate of drug-likeness (QED) is 0.407. The summed E-state index contributed by atoms with van der Waals surface area (Å²) < 4.78 is 25.1. The third kappa shape index (κ3) is 8.96. The van der Waals surface area contributed by atoms with Crippen LogP contribution in [-0.2, 0) is 13.4 Å². The smallest absolute Gasteiger partial charge is 0.392 e. The van der Waals surface area contributed by atoms with Crippen LogP contribution >= 0.6 is 15.4 Å². The molecule has 0 spiro atoms. The summed E-state index contributed by atoms with van der Waals surface area (Å²) in [5.74, 6) is 0. The molecule has 0 aliphatic heterocycles. The Bertz CT molecular complexity index is 317. The average Bonchev–Trinajstić information content (AvgIpc) is 1.98. The van der Waals surface area contributed by atoms with E-state index in [1.807, 2.05) is 0 Å². The summed E-state index contributed by atoms with van der Waals surface area (Å²) in [7, 11) is -9.21. The summed E-state index contributed by atoms with van der Waals surface area (Å²) in [6, 6.07) is 0. The molecule has 0 heterocycles. The van der Waals surface area contributed by atoms with Crippen LogP contribution in [0.15, 0.2) is 11.6 Å². The Labute approximate surface area is 87.2 Å². The van der Waals surface area contributed by atoms with Crippen LogP contribution in [-0.4, -0.2) is 32.6 Å². The largest absolute Gasteiger partial charge is 0.476 e. The van der Waals surface area contributed by atoms with Gasteiger partial charge >= 0.3 is 15.4 Å². The SMILES string of the molecule is C/C(=C\CCP(=O)(O)OP(=O)(O)O)CO. The van der Waals surface area contributed by atoms with Gasteiger partial charge in [0.1, 0.15) is 0 Å². The normalized spacial score (nSPS) is 17.5. The van der Waals surface area contributed by atoms with E-state index >= 15 is 0 Å². The highest BCUT2D eigenvalue weighted by molar-refractivity contribution is 7.63. The molecule has 4 N–H and O–H groups in total. The van der Waals surface area contributed by atoms with Crippen LogP contribution in [0.3, 0.4) is 0 Å². The lowest BCUT2D eigenvalue weighted by Gasteiger charge is -2.11. The van der Waals surface area contributed by atoms with E-state index in [0.717, 1.165) is 0 Å². The fourth-order valence-electron chi connectivity index (χ4n) is 0.746. The van der Waals surface area contributed by atoms with E-state index < -0.39 is 21.6 Å². The van der Waals surface area contributed by atoms with Gasteiger partial charge in [0.15, 0.2) is 0 Å². The van der Waals surface area contributed by atoms with E-state index in [2.05, 4.69) is 4.31 Å². The minimum Gasteiger partial charge on any atom is -0.392 e. The van der Waals surface area contributed by atoms with Crippen molar-refractivity contribution in [1.82, 2.24) is 0 Å². The second kappa shape index (κ2) is 5.92. The Hall–Kier alpha value is -0.0000000000000000694. The molecular formula is C6H14O7P2. The molecule has 0 saturated carbocycles. The highest BCUT2D eigenvalue weighted by Gasteiger charge is 2.29. The molecule has 0 saturated heterocycles. The van der Waals surface area contributed by atoms with Gasteiger partial charge in [0, 0.05) is 0 Å². The van der Waals surface area contributed by atoms with Crippen LogP contribution in [0.2, 0.25) is 0 Å². The zero-order valence-electron chi connectivity index (χ0n) is 8.11. The second-order valence-electron chi connectivity index (χ2n) is 2.93. The number of phosphoric acid groups is 1. The van der Waals surface area contributed by atoms with E-state index in [-0.39, 0.29) is 13.0 Å². The number of aliphatic hydroxyl groups excluding tert-OH is 1. The molecule has 0 radical (unpaired) electrons. The lowest BCUT2D eigenvalue weighted by molar-refractivity contribution is 0.263. The number of aliphatic hydroxyl groups is 1. The first-order valence-electron chi connectivity index (χ1n) is 4.01. The van der Waals surface area contributed by atoms with Crippen molar-refractivity contribution in [1.29, 1.82) is 0 Å². The highest BCUT2D eigenvalue weighted by atomic mass is 31.3. The van der Waals surface area contributed by atoms with Crippen molar-refractivity contribution >= 4 is 15.4 Å². The molecule has 90 valence electrons. The molecule has 7 nitrogen and oxygen atoms in total. The first-order valence-corrected chi connectivity index (χ1v) is 7.31. The van der Waals surface area contributed by atoms with Crippen LogP contribution in [0.5, 0.6) is 0 Å². The molecule has 0 aliphatic rings. The molecule has 0 fully saturated rings.